The summed E-state index contributed by atoms with van der Waals surface area (Å²) in [5, 5.41) is 20.3. The van der Waals surface area contributed by atoms with E-state index in [4.69, 9.17) is 11.5 Å². The Morgan fingerprint density at radius 2 is 1.40 bits per heavy atom. The summed E-state index contributed by atoms with van der Waals surface area (Å²) >= 11 is 0. The summed E-state index contributed by atoms with van der Waals surface area (Å²) < 4.78 is 0. The molecule has 2 aromatic rings. The highest BCUT2D eigenvalue weighted by molar-refractivity contribution is 5.95. The molecule has 10 N–H and O–H groups in total. The molecule has 0 saturated heterocycles. The third-order valence-electron chi connectivity index (χ3n) is 7.30. The molecule has 45 heavy (non-hydrogen) atoms. The van der Waals surface area contributed by atoms with E-state index in [9.17, 15) is 29.1 Å². The van der Waals surface area contributed by atoms with Gasteiger partial charge in [-0.15, -0.1) is 0 Å². The van der Waals surface area contributed by atoms with Crippen molar-refractivity contribution in [2.45, 2.75) is 90.0 Å². The summed E-state index contributed by atoms with van der Waals surface area (Å²) in [7, 11) is 0. The molecular weight excluding hydrogens is 580 g/mol. The molecule has 1 heterocycles. The van der Waals surface area contributed by atoms with Crippen LogP contribution in [0.25, 0.3) is 0 Å². The minimum absolute atomic E-state index is 0.0909. The highest BCUT2D eigenvalue weighted by Crippen LogP contribution is 2.10. The van der Waals surface area contributed by atoms with Crippen LogP contribution in [0, 0.1) is 11.8 Å². The number of aromatic amines is 1. The highest BCUT2D eigenvalue weighted by atomic mass is 16.4. The van der Waals surface area contributed by atoms with Crippen molar-refractivity contribution in [1.82, 2.24) is 31.2 Å². The zero-order valence-corrected chi connectivity index (χ0v) is 26.4. The van der Waals surface area contributed by atoms with Crippen molar-refractivity contribution in [2.75, 3.05) is 6.54 Å². The normalized spacial score (nSPS) is 14.6. The van der Waals surface area contributed by atoms with Crippen LogP contribution in [0.4, 0.5) is 0 Å². The number of amides is 4. The number of hydrogen-bond donors (Lipinski definition) is 8. The van der Waals surface area contributed by atoms with Crippen LogP contribution < -0.4 is 32.7 Å². The lowest BCUT2D eigenvalue weighted by molar-refractivity contribution is -0.143. The van der Waals surface area contributed by atoms with E-state index in [1.807, 2.05) is 6.07 Å². The number of rotatable bonds is 19. The zero-order valence-electron chi connectivity index (χ0n) is 26.4. The van der Waals surface area contributed by atoms with Crippen molar-refractivity contribution < 1.29 is 29.1 Å². The van der Waals surface area contributed by atoms with Gasteiger partial charge in [-0.25, -0.2) is 9.78 Å². The van der Waals surface area contributed by atoms with E-state index in [2.05, 4.69) is 31.2 Å². The third-order valence-corrected chi connectivity index (χ3v) is 7.30. The van der Waals surface area contributed by atoms with E-state index in [0.29, 0.717) is 25.1 Å². The predicted octanol–water partition coefficient (Wildman–Crippen LogP) is -0.0130. The first-order chi connectivity index (χ1) is 21.3. The number of nitrogens with one attached hydrogen (secondary N) is 5. The Balaban J connectivity index is 2.22. The van der Waals surface area contributed by atoms with E-state index in [-0.39, 0.29) is 19.3 Å². The van der Waals surface area contributed by atoms with Crippen molar-refractivity contribution in [1.29, 1.82) is 0 Å². The van der Waals surface area contributed by atoms with Gasteiger partial charge in [0.1, 0.15) is 24.2 Å². The van der Waals surface area contributed by atoms with E-state index < -0.39 is 71.6 Å². The number of aromatic nitrogens is 2. The Labute approximate surface area is 263 Å². The summed E-state index contributed by atoms with van der Waals surface area (Å²) in [6.07, 6.45) is 4.74. The molecule has 4 amide bonds. The molecule has 14 nitrogen and oxygen atoms in total. The van der Waals surface area contributed by atoms with Crippen molar-refractivity contribution in [3.05, 3.63) is 54.1 Å². The van der Waals surface area contributed by atoms with Crippen LogP contribution in [-0.4, -0.2) is 81.4 Å². The molecule has 2 rings (SSSR count). The second-order valence-corrected chi connectivity index (χ2v) is 11.8. The molecule has 248 valence electrons. The molecule has 0 fully saturated rings. The molecule has 0 aliphatic heterocycles. The minimum Gasteiger partial charge on any atom is -0.480 e. The molecule has 0 unspecified atom stereocenters. The summed E-state index contributed by atoms with van der Waals surface area (Å²) in [5.41, 5.74) is 13.1. The number of imidazole rings is 1. The number of carboxylic acids is 1. The van der Waals surface area contributed by atoms with Gasteiger partial charge in [-0.2, -0.15) is 0 Å². The molecular formula is C31H48N8O6. The smallest absolute Gasteiger partial charge is 0.326 e. The average molecular weight is 629 g/mol. The maximum Gasteiger partial charge on any atom is 0.326 e. The number of carboxylic acid groups (broad SMARTS) is 1. The second-order valence-electron chi connectivity index (χ2n) is 11.8. The summed E-state index contributed by atoms with van der Waals surface area (Å²) in [5.74, 6) is -4.42. The maximum absolute atomic E-state index is 13.6. The Kier molecular flexibility index (Phi) is 15.2. The van der Waals surface area contributed by atoms with Gasteiger partial charge in [0.2, 0.25) is 23.6 Å². The Morgan fingerprint density at radius 1 is 0.800 bits per heavy atom. The lowest BCUT2D eigenvalue weighted by atomic mass is 9.99. The SMILES string of the molecule is CC(C)[C@H](NC(=O)[C@H](Cc1ccccc1)NC(=O)[C@@H](NC(=O)[C@H](CCCCN)NC(=O)[C@@H](N)Cc1cnc[nH]1)C(C)C)C(=O)O. The van der Waals surface area contributed by atoms with Gasteiger partial charge in [0.05, 0.1) is 12.4 Å². The van der Waals surface area contributed by atoms with E-state index in [1.54, 1.807) is 58.2 Å². The number of nitrogens with zero attached hydrogens (tertiary/aromatic N) is 1. The second kappa shape index (κ2) is 18.5. The number of benzene rings is 1. The van der Waals surface area contributed by atoms with Gasteiger partial charge in [-0.05, 0) is 43.2 Å². The van der Waals surface area contributed by atoms with Gasteiger partial charge in [-0.3, -0.25) is 19.2 Å². The summed E-state index contributed by atoms with van der Waals surface area (Å²) in [6.45, 7) is 7.21. The summed E-state index contributed by atoms with van der Waals surface area (Å²) in [6, 6.07) is 3.67. The van der Waals surface area contributed by atoms with E-state index >= 15 is 0 Å². The molecule has 0 saturated carbocycles. The van der Waals surface area contributed by atoms with Gasteiger partial charge in [0, 0.05) is 24.7 Å². The van der Waals surface area contributed by atoms with Crippen molar-refractivity contribution in [3.63, 3.8) is 0 Å². The lowest BCUT2D eigenvalue weighted by Gasteiger charge is -2.28. The Bertz CT molecular complexity index is 1240. The lowest BCUT2D eigenvalue weighted by Crippen LogP contribution is -2.60. The van der Waals surface area contributed by atoms with Crippen LogP contribution in [0.3, 0.4) is 0 Å². The number of unbranched alkanes of at least 4 members (excludes halogenated alkanes) is 1. The number of nitrogens with two attached hydrogens (primary N) is 2. The largest absolute Gasteiger partial charge is 0.480 e. The fraction of sp³-hybridized carbons (Fsp3) is 0.548. The molecule has 0 bridgehead atoms. The van der Waals surface area contributed by atoms with E-state index in [1.165, 1.54) is 6.33 Å². The summed E-state index contributed by atoms with van der Waals surface area (Å²) in [4.78, 5) is 71.9. The molecule has 1 aromatic carbocycles. The van der Waals surface area contributed by atoms with Gasteiger partial charge in [0.25, 0.3) is 0 Å². The molecule has 0 radical (unpaired) electrons. The Morgan fingerprint density at radius 3 is 1.96 bits per heavy atom. The molecule has 0 aliphatic rings. The number of carbonyl (C=O) groups excluding carboxylic acids is 4. The van der Waals surface area contributed by atoms with Crippen LogP contribution in [0.5, 0.6) is 0 Å². The number of aliphatic carboxylic acids is 1. The molecule has 14 heteroatoms. The van der Waals surface area contributed by atoms with Gasteiger partial charge in [0.15, 0.2) is 0 Å². The Hall–Kier alpha value is -4.30. The number of H-pyrrole nitrogens is 1. The van der Waals surface area contributed by atoms with Crippen LogP contribution in [-0.2, 0) is 36.8 Å². The van der Waals surface area contributed by atoms with Crippen LogP contribution in [0.1, 0.15) is 58.2 Å². The molecule has 0 spiro atoms. The first-order valence-corrected chi connectivity index (χ1v) is 15.2. The van der Waals surface area contributed by atoms with Crippen molar-refractivity contribution in [2.24, 2.45) is 23.3 Å². The molecule has 0 aliphatic carbocycles. The quantitative estimate of drug-likeness (QED) is 0.0975. The first-order valence-electron chi connectivity index (χ1n) is 15.2. The minimum atomic E-state index is -1.19. The predicted molar refractivity (Wildman–Crippen MR) is 168 cm³/mol. The van der Waals surface area contributed by atoms with Gasteiger partial charge >= 0.3 is 5.97 Å². The average Bonchev–Trinajstić information content (AvgIpc) is 3.50. The molecule has 1 aromatic heterocycles. The maximum atomic E-state index is 13.6. The van der Waals surface area contributed by atoms with Gasteiger partial charge < -0.3 is 42.8 Å². The van der Waals surface area contributed by atoms with E-state index in [0.717, 1.165) is 5.56 Å². The third kappa shape index (κ3) is 12.3. The van der Waals surface area contributed by atoms with Crippen molar-refractivity contribution >= 4 is 29.6 Å². The van der Waals surface area contributed by atoms with Crippen LogP contribution in [0.2, 0.25) is 0 Å². The number of carbonyl (C=O) groups is 5. The first kappa shape index (κ1) is 36.9. The fourth-order valence-corrected chi connectivity index (χ4v) is 4.64. The number of hydrogen-bond acceptors (Lipinski definition) is 8. The monoisotopic (exact) mass is 628 g/mol. The topological polar surface area (TPSA) is 234 Å². The molecule has 5 atom stereocenters. The van der Waals surface area contributed by atoms with Crippen molar-refractivity contribution in [3.8, 4) is 0 Å². The zero-order chi connectivity index (χ0) is 33.5. The highest BCUT2D eigenvalue weighted by Gasteiger charge is 2.33. The van der Waals surface area contributed by atoms with Crippen LogP contribution >= 0.6 is 0 Å². The van der Waals surface area contributed by atoms with Crippen LogP contribution in [0.15, 0.2) is 42.9 Å². The van der Waals surface area contributed by atoms with Gasteiger partial charge in [-0.1, -0.05) is 58.0 Å². The standard InChI is InChI=1S/C31H48N8O6/c1-18(2)25(38-28(41)23(12-8-9-13-32)36-27(40)22(33)15-21-16-34-17-35-21)30(43)37-24(14-20-10-6-5-7-11-20)29(42)39-26(19(3)4)31(44)45/h5-7,10-11,16-19,22-26H,8-9,12-15,32-33H2,1-4H3,(H,34,35)(H,36,40)(H,37,43)(H,38,41)(H,39,42)(H,44,45)/t22-,23-,24-,25-,26-/m0/s1. The fourth-order valence-electron chi connectivity index (χ4n) is 4.64.